The van der Waals surface area contributed by atoms with E-state index >= 15 is 0 Å². The predicted octanol–water partition coefficient (Wildman–Crippen LogP) is 3.55. The van der Waals surface area contributed by atoms with Crippen LogP contribution in [-0.4, -0.2) is 24.2 Å². The van der Waals surface area contributed by atoms with E-state index in [1.165, 1.54) is 0 Å². The van der Waals surface area contributed by atoms with Gasteiger partial charge in [0.25, 0.3) is 5.91 Å². The lowest BCUT2D eigenvalue weighted by molar-refractivity contribution is -0.131. The average molecular weight is 353 g/mol. The fraction of sp³-hybridized carbons (Fsp3) is 0.381. The number of aryl methyl sites for hydroxylation is 1. The highest BCUT2D eigenvalue weighted by atomic mass is 16.6. The van der Waals surface area contributed by atoms with Crippen LogP contribution in [0.15, 0.2) is 42.5 Å². The maximum Gasteiger partial charge on any atom is 0.265 e. The molecule has 4 rings (SSSR count). The molecule has 2 aliphatic rings. The van der Waals surface area contributed by atoms with Gasteiger partial charge in [-0.25, -0.2) is 0 Å². The second-order valence-electron chi connectivity index (χ2n) is 7.53. The highest BCUT2D eigenvalue weighted by Gasteiger charge is 2.36. The van der Waals surface area contributed by atoms with Gasteiger partial charge in [-0.05, 0) is 39.0 Å². The van der Waals surface area contributed by atoms with Crippen LogP contribution in [0.2, 0.25) is 0 Å². The Labute approximate surface area is 153 Å². The van der Waals surface area contributed by atoms with Gasteiger partial charge in [0, 0.05) is 12.0 Å². The first-order valence-electron chi connectivity index (χ1n) is 8.90. The van der Waals surface area contributed by atoms with E-state index in [4.69, 9.17) is 14.2 Å². The zero-order valence-corrected chi connectivity index (χ0v) is 15.2. The average Bonchev–Trinajstić information content (AvgIpc) is 2.61. The minimum atomic E-state index is -0.663. The molecule has 0 spiro atoms. The molecule has 0 saturated heterocycles. The highest BCUT2D eigenvalue weighted by molar-refractivity contribution is 5.82. The van der Waals surface area contributed by atoms with Gasteiger partial charge >= 0.3 is 0 Å². The van der Waals surface area contributed by atoms with Crippen LogP contribution in [0, 0.1) is 6.92 Å². The second kappa shape index (κ2) is 6.24. The fourth-order valence-electron chi connectivity index (χ4n) is 3.52. The normalized spacial score (nSPS) is 22.7. The molecule has 26 heavy (non-hydrogen) atoms. The van der Waals surface area contributed by atoms with Crippen LogP contribution >= 0.6 is 0 Å². The van der Waals surface area contributed by atoms with Crippen LogP contribution in [-0.2, 0) is 4.79 Å². The van der Waals surface area contributed by atoms with Crippen molar-refractivity contribution in [1.29, 1.82) is 0 Å². The van der Waals surface area contributed by atoms with Crippen molar-refractivity contribution >= 4 is 5.91 Å². The summed E-state index contributed by atoms with van der Waals surface area (Å²) in [5.74, 6) is 1.92. The van der Waals surface area contributed by atoms with Crippen molar-refractivity contribution in [3.05, 3.63) is 53.6 Å². The monoisotopic (exact) mass is 353 g/mol. The Kier molecular flexibility index (Phi) is 4.02. The lowest BCUT2D eigenvalue weighted by Crippen LogP contribution is -2.48. The Balaban J connectivity index is 1.54. The Morgan fingerprint density at radius 2 is 1.88 bits per heavy atom. The quantitative estimate of drug-likeness (QED) is 0.897. The topological polar surface area (TPSA) is 56.8 Å². The third kappa shape index (κ3) is 3.21. The molecule has 2 heterocycles. The van der Waals surface area contributed by atoms with Crippen LogP contribution < -0.4 is 19.5 Å². The lowest BCUT2D eigenvalue weighted by Gasteiger charge is -2.38. The molecular weight excluding hydrogens is 330 g/mol. The first-order chi connectivity index (χ1) is 12.4. The van der Waals surface area contributed by atoms with Gasteiger partial charge in [0.1, 0.15) is 18.0 Å². The van der Waals surface area contributed by atoms with Crippen molar-refractivity contribution in [1.82, 2.24) is 5.32 Å². The van der Waals surface area contributed by atoms with E-state index in [1.54, 1.807) is 0 Å². The Bertz CT molecular complexity index is 846. The second-order valence-corrected chi connectivity index (χ2v) is 7.53. The zero-order chi connectivity index (χ0) is 18.3. The first kappa shape index (κ1) is 16.8. The number of hydrogen-bond acceptors (Lipinski definition) is 4. The van der Waals surface area contributed by atoms with Crippen molar-refractivity contribution in [3.8, 4) is 17.2 Å². The number of amides is 1. The summed E-state index contributed by atoms with van der Waals surface area (Å²) in [5, 5.41) is 3.13. The maximum atomic E-state index is 12.8. The third-order valence-electron chi connectivity index (χ3n) is 4.74. The molecule has 1 N–H and O–H groups in total. The number of carbonyl (C=O) groups is 1. The van der Waals surface area contributed by atoms with Gasteiger partial charge < -0.3 is 19.5 Å². The Morgan fingerprint density at radius 1 is 1.12 bits per heavy atom. The predicted molar refractivity (Wildman–Crippen MR) is 97.7 cm³/mol. The number of carbonyl (C=O) groups excluding carboxylic acids is 1. The van der Waals surface area contributed by atoms with Crippen molar-refractivity contribution in [2.45, 2.75) is 44.9 Å². The van der Waals surface area contributed by atoms with Crippen LogP contribution in [0.3, 0.4) is 0 Å². The summed E-state index contributed by atoms with van der Waals surface area (Å²) in [4.78, 5) is 12.8. The van der Waals surface area contributed by atoms with Gasteiger partial charge in [0.05, 0.1) is 6.04 Å². The lowest BCUT2D eigenvalue weighted by atomic mass is 9.89. The first-order valence-corrected chi connectivity index (χ1v) is 8.90. The van der Waals surface area contributed by atoms with Crippen molar-refractivity contribution in [3.63, 3.8) is 0 Å². The van der Waals surface area contributed by atoms with Crippen LogP contribution in [0.25, 0.3) is 0 Å². The standard InChI is InChI=1S/C21H23NO4/c1-13-8-9-16-14(10-13)15(11-21(2,3)26-16)22-20(23)19-12-24-17-6-4-5-7-18(17)25-19/h4-10,15,19H,11-12H2,1-3H3,(H,22,23)/t15-,19+/m0/s1. The molecule has 0 fully saturated rings. The molecule has 1 amide bonds. The van der Waals surface area contributed by atoms with Crippen LogP contribution in [0.5, 0.6) is 17.2 Å². The van der Waals surface area contributed by atoms with Gasteiger partial charge in [0.15, 0.2) is 11.5 Å². The Hall–Kier alpha value is -2.69. The molecule has 5 heteroatoms. The number of ether oxygens (including phenoxy) is 3. The largest absolute Gasteiger partial charge is 0.487 e. The van der Waals surface area contributed by atoms with Crippen molar-refractivity contribution < 1.29 is 19.0 Å². The number of hydrogen-bond donors (Lipinski definition) is 1. The molecular formula is C21H23NO4. The maximum absolute atomic E-state index is 12.8. The molecule has 0 unspecified atom stereocenters. The third-order valence-corrected chi connectivity index (χ3v) is 4.74. The fourth-order valence-corrected chi connectivity index (χ4v) is 3.52. The molecule has 0 radical (unpaired) electrons. The van der Waals surface area contributed by atoms with E-state index in [-0.39, 0.29) is 24.2 Å². The summed E-state index contributed by atoms with van der Waals surface area (Å²) in [6.45, 7) is 6.31. The number of fused-ring (bicyclic) bond motifs is 2. The molecule has 2 aliphatic heterocycles. The van der Waals surface area contributed by atoms with E-state index in [9.17, 15) is 4.79 Å². The molecule has 0 bridgehead atoms. The molecule has 0 saturated carbocycles. The van der Waals surface area contributed by atoms with E-state index < -0.39 is 6.10 Å². The summed E-state index contributed by atoms with van der Waals surface area (Å²) in [6.07, 6.45) is 0.0310. The van der Waals surface area contributed by atoms with Gasteiger partial charge in [-0.15, -0.1) is 0 Å². The molecule has 2 atom stereocenters. The molecule has 2 aromatic rings. The number of rotatable bonds is 2. The minimum absolute atomic E-state index is 0.123. The minimum Gasteiger partial charge on any atom is -0.487 e. The van der Waals surface area contributed by atoms with Crippen molar-refractivity contribution in [2.75, 3.05) is 6.61 Å². The van der Waals surface area contributed by atoms with Crippen LogP contribution in [0.4, 0.5) is 0 Å². The summed E-state index contributed by atoms with van der Waals surface area (Å²) in [6, 6.07) is 13.3. The zero-order valence-electron chi connectivity index (χ0n) is 15.2. The van der Waals surface area contributed by atoms with E-state index in [0.29, 0.717) is 17.9 Å². The van der Waals surface area contributed by atoms with E-state index in [1.807, 2.05) is 57.2 Å². The number of nitrogens with one attached hydrogen (secondary N) is 1. The number of benzene rings is 2. The summed E-state index contributed by atoms with van der Waals surface area (Å²) in [7, 11) is 0. The molecule has 2 aromatic carbocycles. The number of para-hydroxylation sites is 2. The van der Waals surface area contributed by atoms with Crippen LogP contribution in [0.1, 0.15) is 37.4 Å². The van der Waals surface area contributed by atoms with Gasteiger partial charge in [-0.2, -0.15) is 0 Å². The summed E-state index contributed by atoms with van der Waals surface area (Å²) >= 11 is 0. The SMILES string of the molecule is Cc1ccc2c(c1)[C@@H](NC(=O)[C@H]1COc3ccccc3O1)CC(C)(C)O2. The summed E-state index contributed by atoms with van der Waals surface area (Å²) in [5.41, 5.74) is 1.80. The van der Waals surface area contributed by atoms with Gasteiger partial charge in [0.2, 0.25) is 6.10 Å². The van der Waals surface area contributed by atoms with Gasteiger partial charge in [-0.1, -0.05) is 29.8 Å². The highest BCUT2D eigenvalue weighted by Crippen LogP contribution is 2.40. The molecule has 5 nitrogen and oxygen atoms in total. The van der Waals surface area contributed by atoms with Crippen molar-refractivity contribution in [2.24, 2.45) is 0 Å². The smallest absolute Gasteiger partial charge is 0.265 e. The summed E-state index contributed by atoms with van der Waals surface area (Å²) < 4.78 is 17.6. The van der Waals surface area contributed by atoms with Gasteiger partial charge in [-0.3, -0.25) is 4.79 Å². The molecule has 0 aromatic heterocycles. The molecule has 0 aliphatic carbocycles. The van der Waals surface area contributed by atoms with E-state index in [2.05, 4.69) is 11.4 Å². The van der Waals surface area contributed by atoms with E-state index in [0.717, 1.165) is 16.9 Å². The Morgan fingerprint density at radius 3 is 2.69 bits per heavy atom. The molecule has 136 valence electrons.